The maximum atomic E-state index is 13.5. The van der Waals surface area contributed by atoms with E-state index < -0.39 is 35.6 Å². The second-order valence-corrected chi connectivity index (χ2v) is 8.64. The van der Waals surface area contributed by atoms with Gasteiger partial charge >= 0.3 is 0 Å². The van der Waals surface area contributed by atoms with Crippen LogP contribution in [0.3, 0.4) is 0 Å². The highest BCUT2D eigenvalue weighted by atomic mass is 16.4. The minimum Gasteiger partial charge on any atom is -0.545 e. The van der Waals surface area contributed by atoms with Crippen LogP contribution in [0.1, 0.15) is 62.1 Å². The summed E-state index contributed by atoms with van der Waals surface area (Å²) in [6.45, 7) is 0. The summed E-state index contributed by atoms with van der Waals surface area (Å²) < 4.78 is 0. The van der Waals surface area contributed by atoms with Gasteiger partial charge in [0.25, 0.3) is 23.6 Å². The summed E-state index contributed by atoms with van der Waals surface area (Å²) in [5, 5.41) is 22.9. The fraction of sp³-hybridized carbons (Fsp3) is 0. The Balaban J connectivity index is 1.52. The molecule has 0 bridgehead atoms. The number of nitrogens with zero attached hydrogens (tertiary/aromatic N) is 2. The smallest absolute Gasteiger partial charge is 0.265 e. The summed E-state index contributed by atoms with van der Waals surface area (Å²) in [5.41, 5.74) is -0.215. The first kappa shape index (κ1) is 22.8. The van der Waals surface area contributed by atoms with Crippen LogP contribution in [0.25, 0.3) is 10.8 Å². The van der Waals surface area contributed by atoms with Gasteiger partial charge in [-0.15, -0.1) is 0 Å². The van der Waals surface area contributed by atoms with Crippen molar-refractivity contribution in [3.63, 3.8) is 0 Å². The van der Waals surface area contributed by atoms with Crippen LogP contribution >= 0.6 is 0 Å². The zero-order valence-corrected chi connectivity index (χ0v) is 19.1. The minimum atomic E-state index is -1.48. The van der Waals surface area contributed by atoms with Crippen LogP contribution in [0.2, 0.25) is 0 Å². The van der Waals surface area contributed by atoms with E-state index in [0.717, 1.165) is 21.9 Å². The molecule has 0 saturated carbocycles. The Morgan fingerprint density at radius 2 is 0.816 bits per heavy atom. The van der Waals surface area contributed by atoms with Gasteiger partial charge in [0.2, 0.25) is 0 Å². The third-order valence-corrected chi connectivity index (χ3v) is 6.57. The molecule has 0 aliphatic carbocycles. The lowest BCUT2D eigenvalue weighted by atomic mass is 9.85. The molecule has 10 heteroatoms. The molecule has 4 aromatic rings. The number of imide groups is 2. The molecule has 2 aliphatic rings. The van der Waals surface area contributed by atoms with Crippen LogP contribution in [-0.2, 0) is 0 Å². The van der Waals surface area contributed by atoms with Crippen LogP contribution in [0, 0.1) is 0 Å². The van der Waals surface area contributed by atoms with Crippen molar-refractivity contribution in [2.45, 2.75) is 0 Å². The van der Waals surface area contributed by atoms with E-state index in [9.17, 15) is 39.0 Å². The molecule has 2 heterocycles. The van der Waals surface area contributed by atoms with Gasteiger partial charge in [-0.25, -0.2) is 9.80 Å². The van der Waals surface area contributed by atoms with Crippen LogP contribution < -0.4 is 20.0 Å². The van der Waals surface area contributed by atoms with Gasteiger partial charge in [0.1, 0.15) is 0 Å². The minimum absolute atomic E-state index is 0.0203. The highest BCUT2D eigenvalue weighted by Gasteiger charge is 2.40. The molecule has 0 fully saturated rings. The van der Waals surface area contributed by atoms with Gasteiger partial charge in [-0.1, -0.05) is 24.3 Å². The molecule has 0 spiro atoms. The highest BCUT2D eigenvalue weighted by molar-refractivity contribution is 6.42. The number of carboxylic acids is 2. The molecule has 0 unspecified atom stereocenters. The molecule has 0 aromatic heterocycles. The number of hydrogen-bond donors (Lipinski definition) is 0. The third kappa shape index (κ3) is 3.07. The van der Waals surface area contributed by atoms with Crippen LogP contribution in [0.15, 0.2) is 72.8 Å². The highest BCUT2D eigenvalue weighted by Crippen LogP contribution is 2.40. The first-order valence-corrected chi connectivity index (χ1v) is 11.2. The number of aromatic carboxylic acids is 2. The van der Waals surface area contributed by atoms with E-state index in [4.69, 9.17) is 0 Å². The van der Waals surface area contributed by atoms with Gasteiger partial charge in [0, 0.05) is 33.0 Å². The second-order valence-electron chi connectivity index (χ2n) is 8.64. The number of benzene rings is 4. The molecule has 10 nitrogen and oxygen atoms in total. The second kappa shape index (κ2) is 7.93. The maximum absolute atomic E-state index is 13.5. The van der Waals surface area contributed by atoms with E-state index in [0.29, 0.717) is 0 Å². The van der Waals surface area contributed by atoms with Gasteiger partial charge < -0.3 is 19.8 Å². The summed E-state index contributed by atoms with van der Waals surface area (Å²) in [4.78, 5) is 78.2. The fourth-order valence-electron chi connectivity index (χ4n) is 4.89. The Bertz CT molecular complexity index is 1620. The fourth-order valence-corrected chi connectivity index (χ4v) is 4.89. The summed E-state index contributed by atoms with van der Waals surface area (Å²) in [5.74, 6) is -5.99. The van der Waals surface area contributed by atoms with E-state index in [1.165, 1.54) is 60.7 Å². The first-order valence-electron chi connectivity index (χ1n) is 11.2. The average molecular weight is 504 g/mol. The molecule has 4 amide bonds. The van der Waals surface area contributed by atoms with Crippen molar-refractivity contribution in [1.82, 2.24) is 0 Å². The van der Waals surface area contributed by atoms with E-state index >= 15 is 0 Å². The summed E-state index contributed by atoms with van der Waals surface area (Å²) in [6.07, 6.45) is 0. The largest absolute Gasteiger partial charge is 0.545 e. The van der Waals surface area contributed by atoms with Crippen molar-refractivity contribution in [2.75, 3.05) is 9.80 Å². The molecule has 4 aromatic carbocycles. The molecule has 2 aliphatic heterocycles. The molecule has 0 atom stereocenters. The average Bonchev–Trinajstić information content (AvgIpc) is 2.91. The maximum Gasteiger partial charge on any atom is 0.265 e. The molecular formula is C28H12N2O8-2. The first-order chi connectivity index (χ1) is 18.2. The van der Waals surface area contributed by atoms with Crippen LogP contribution in [0.5, 0.6) is 0 Å². The molecule has 184 valence electrons. The standard InChI is InChI=1S/C28H14N2O8/c31-23-17-7-9-19-22-20(26(34)30(25(19)33)16-6-2-4-14(12-16)28(37)38)10-8-18(21(17)22)24(32)29(23)15-5-1-3-13(11-15)27(35)36/h1-12H,(H,35,36)(H,37,38)/p-2. The van der Waals surface area contributed by atoms with Gasteiger partial charge in [-0.3, -0.25) is 19.2 Å². The zero-order chi connectivity index (χ0) is 26.9. The molecule has 6 rings (SSSR count). The summed E-state index contributed by atoms with van der Waals surface area (Å²) in [6, 6.07) is 15.8. The SMILES string of the molecule is O=C([O-])c1cccc(N2C(=O)c3ccc4c5c(ccc(c35)C2=O)C(=O)N(c2cccc(C(=O)[O-])c2)C4=O)c1. The van der Waals surface area contributed by atoms with E-state index in [1.54, 1.807) is 0 Å². The molecule has 0 N–H and O–H groups in total. The lowest BCUT2D eigenvalue weighted by molar-refractivity contribution is -0.256. The zero-order valence-electron chi connectivity index (χ0n) is 19.1. The number of carbonyl (C=O) groups excluding carboxylic acids is 6. The van der Waals surface area contributed by atoms with Crippen molar-refractivity contribution < 1.29 is 39.0 Å². The molecule has 38 heavy (non-hydrogen) atoms. The van der Waals surface area contributed by atoms with Crippen molar-refractivity contribution in [2.24, 2.45) is 0 Å². The lowest BCUT2D eigenvalue weighted by Crippen LogP contribution is -2.43. The number of amides is 4. The van der Waals surface area contributed by atoms with Crippen molar-refractivity contribution in [3.8, 4) is 0 Å². The quantitative estimate of drug-likeness (QED) is 0.375. The van der Waals surface area contributed by atoms with Crippen molar-refractivity contribution >= 4 is 57.7 Å². The molecule has 0 radical (unpaired) electrons. The van der Waals surface area contributed by atoms with Gasteiger partial charge in [0.05, 0.1) is 23.3 Å². The monoisotopic (exact) mass is 504 g/mol. The Labute approximate surface area is 212 Å². The van der Waals surface area contributed by atoms with Gasteiger partial charge in [0.15, 0.2) is 0 Å². The van der Waals surface area contributed by atoms with Crippen LogP contribution in [0.4, 0.5) is 11.4 Å². The Morgan fingerprint density at radius 3 is 1.11 bits per heavy atom. The number of carboxylic acid groups (broad SMARTS) is 2. The van der Waals surface area contributed by atoms with E-state index in [1.807, 2.05) is 0 Å². The number of carbonyl (C=O) groups is 6. The predicted molar refractivity (Wildman–Crippen MR) is 128 cm³/mol. The Morgan fingerprint density at radius 1 is 0.500 bits per heavy atom. The Kier molecular flexibility index (Phi) is 4.76. The Hall–Kier alpha value is -5.64. The molecular weight excluding hydrogens is 492 g/mol. The van der Waals surface area contributed by atoms with Crippen molar-refractivity contribution in [1.29, 1.82) is 0 Å². The summed E-state index contributed by atoms with van der Waals surface area (Å²) in [7, 11) is 0. The molecule has 0 saturated heterocycles. The van der Waals surface area contributed by atoms with E-state index in [-0.39, 0.29) is 55.5 Å². The number of hydrogen-bond acceptors (Lipinski definition) is 8. The van der Waals surface area contributed by atoms with Crippen molar-refractivity contribution in [3.05, 3.63) is 106 Å². The van der Waals surface area contributed by atoms with E-state index in [2.05, 4.69) is 0 Å². The topological polar surface area (TPSA) is 155 Å². The van der Waals surface area contributed by atoms with Crippen LogP contribution in [-0.4, -0.2) is 35.6 Å². The predicted octanol–water partition coefficient (Wildman–Crippen LogP) is 1.17. The normalized spacial score (nSPS) is 14.3. The number of rotatable bonds is 4. The number of anilines is 2. The summed E-state index contributed by atoms with van der Waals surface area (Å²) >= 11 is 0. The van der Waals surface area contributed by atoms with Gasteiger partial charge in [-0.2, -0.15) is 0 Å². The van der Waals surface area contributed by atoms with Gasteiger partial charge in [-0.05, 0) is 59.7 Å². The third-order valence-electron chi connectivity index (χ3n) is 6.57. The lowest BCUT2D eigenvalue weighted by Gasteiger charge is -2.32.